The minimum Gasteiger partial charge on any atom is -0.330 e. The quantitative estimate of drug-likeness (QED) is 0.888. The van der Waals surface area contributed by atoms with Crippen LogP contribution in [0, 0.1) is 0 Å². The van der Waals surface area contributed by atoms with Gasteiger partial charge in [0.25, 0.3) is 0 Å². The maximum Gasteiger partial charge on any atom is 0.0158 e. The first-order valence-electron chi connectivity index (χ1n) is 6.38. The van der Waals surface area contributed by atoms with Gasteiger partial charge in [-0.3, -0.25) is 4.90 Å². The van der Waals surface area contributed by atoms with E-state index in [0.29, 0.717) is 12.0 Å². The Morgan fingerprint density at radius 2 is 2.18 bits per heavy atom. The van der Waals surface area contributed by atoms with Crippen LogP contribution in [0.25, 0.3) is 0 Å². The van der Waals surface area contributed by atoms with Crippen molar-refractivity contribution in [3.05, 3.63) is 35.9 Å². The lowest BCUT2D eigenvalue weighted by atomic mass is 9.98. The Hall–Kier alpha value is -0.510. The highest BCUT2D eigenvalue weighted by Crippen LogP contribution is 2.21. The van der Waals surface area contributed by atoms with Gasteiger partial charge in [0.05, 0.1) is 0 Å². The number of hydrogen-bond donors (Lipinski definition) is 1. The minimum absolute atomic E-state index is 0.474. The number of benzene rings is 1. The molecule has 0 saturated carbocycles. The van der Waals surface area contributed by atoms with Crippen molar-refractivity contribution in [2.75, 3.05) is 31.1 Å². The van der Waals surface area contributed by atoms with Crippen molar-refractivity contribution in [2.24, 2.45) is 5.73 Å². The van der Waals surface area contributed by atoms with Crippen LogP contribution < -0.4 is 5.73 Å². The Morgan fingerprint density at radius 1 is 1.41 bits per heavy atom. The summed E-state index contributed by atoms with van der Waals surface area (Å²) in [5.74, 6) is 2.99. The Morgan fingerprint density at radius 3 is 2.82 bits per heavy atom. The van der Waals surface area contributed by atoms with Gasteiger partial charge < -0.3 is 5.73 Å². The number of hydrogen-bond acceptors (Lipinski definition) is 3. The third-order valence-electron chi connectivity index (χ3n) is 3.52. The minimum atomic E-state index is 0.474. The molecule has 2 atom stereocenters. The lowest BCUT2D eigenvalue weighted by Crippen LogP contribution is -2.43. The molecule has 1 aliphatic heterocycles. The largest absolute Gasteiger partial charge is 0.330 e. The maximum absolute atomic E-state index is 5.94. The average molecular weight is 250 g/mol. The predicted octanol–water partition coefficient (Wildman–Crippen LogP) is 2.17. The van der Waals surface area contributed by atoms with Gasteiger partial charge >= 0.3 is 0 Å². The molecular weight excluding hydrogens is 228 g/mol. The van der Waals surface area contributed by atoms with Crippen molar-refractivity contribution in [1.29, 1.82) is 0 Å². The lowest BCUT2D eigenvalue weighted by molar-refractivity contribution is 0.219. The molecule has 2 N–H and O–H groups in total. The van der Waals surface area contributed by atoms with Crippen LogP contribution in [0.2, 0.25) is 0 Å². The van der Waals surface area contributed by atoms with Crippen LogP contribution in [-0.2, 0) is 0 Å². The van der Waals surface area contributed by atoms with Crippen LogP contribution in [0.15, 0.2) is 30.3 Å². The van der Waals surface area contributed by atoms with Crippen LogP contribution in [0.3, 0.4) is 0 Å². The smallest absolute Gasteiger partial charge is 0.0158 e. The van der Waals surface area contributed by atoms with Gasteiger partial charge in [-0.15, -0.1) is 0 Å². The highest BCUT2D eigenvalue weighted by atomic mass is 32.2. The number of thioether (sulfide) groups is 1. The molecule has 1 aromatic carbocycles. The van der Waals surface area contributed by atoms with Crippen molar-refractivity contribution < 1.29 is 0 Å². The second-order valence-corrected chi connectivity index (χ2v) is 5.91. The number of nitrogens with zero attached hydrogens (tertiary/aromatic N) is 1. The van der Waals surface area contributed by atoms with Crippen molar-refractivity contribution in [1.82, 2.24) is 4.90 Å². The van der Waals surface area contributed by atoms with E-state index in [0.717, 1.165) is 13.1 Å². The molecule has 3 heteroatoms. The van der Waals surface area contributed by atoms with E-state index in [1.54, 1.807) is 0 Å². The zero-order chi connectivity index (χ0) is 12.1. The summed E-state index contributed by atoms with van der Waals surface area (Å²) in [4.78, 5) is 2.58. The molecule has 1 saturated heterocycles. The molecule has 0 radical (unpaired) electrons. The molecular formula is C14H22N2S. The third-order valence-corrected chi connectivity index (χ3v) is 4.70. The fourth-order valence-electron chi connectivity index (χ4n) is 2.36. The van der Waals surface area contributed by atoms with Crippen LogP contribution in [0.5, 0.6) is 0 Å². The highest BCUT2D eigenvalue weighted by Gasteiger charge is 2.22. The first-order valence-corrected chi connectivity index (χ1v) is 7.53. The standard InChI is InChI=1S/C14H22N2S/c1-12-11-17-8-7-16(12)10-14(9-15)13-5-3-2-4-6-13/h2-6,12,14H,7-11,15H2,1H3. The summed E-state index contributed by atoms with van der Waals surface area (Å²) in [6.07, 6.45) is 0. The Bertz CT molecular complexity index is 328. The first-order chi connectivity index (χ1) is 8.31. The summed E-state index contributed by atoms with van der Waals surface area (Å²) in [5.41, 5.74) is 7.31. The Balaban J connectivity index is 1.99. The molecule has 94 valence electrons. The van der Waals surface area contributed by atoms with Crippen molar-refractivity contribution >= 4 is 11.8 Å². The van der Waals surface area contributed by atoms with Gasteiger partial charge in [0.2, 0.25) is 0 Å². The van der Waals surface area contributed by atoms with E-state index in [1.165, 1.54) is 23.6 Å². The summed E-state index contributed by atoms with van der Waals surface area (Å²) in [6, 6.07) is 11.4. The zero-order valence-corrected chi connectivity index (χ0v) is 11.3. The van der Waals surface area contributed by atoms with Gasteiger partial charge in [-0.1, -0.05) is 30.3 Å². The highest BCUT2D eigenvalue weighted by molar-refractivity contribution is 7.99. The van der Waals surface area contributed by atoms with E-state index in [4.69, 9.17) is 5.73 Å². The van der Waals surface area contributed by atoms with Gasteiger partial charge in [0.15, 0.2) is 0 Å². The second kappa shape index (κ2) is 6.43. The van der Waals surface area contributed by atoms with E-state index in [9.17, 15) is 0 Å². The van der Waals surface area contributed by atoms with E-state index < -0.39 is 0 Å². The number of nitrogens with two attached hydrogens (primary N) is 1. The molecule has 1 fully saturated rings. The maximum atomic E-state index is 5.94. The molecule has 1 heterocycles. The summed E-state index contributed by atoms with van der Waals surface area (Å²) in [7, 11) is 0. The predicted molar refractivity (Wildman–Crippen MR) is 76.6 cm³/mol. The van der Waals surface area contributed by atoms with Crippen LogP contribution in [-0.4, -0.2) is 42.1 Å². The average Bonchev–Trinajstić information content (AvgIpc) is 2.39. The molecule has 0 bridgehead atoms. The molecule has 0 spiro atoms. The fraction of sp³-hybridized carbons (Fsp3) is 0.571. The molecule has 1 aromatic rings. The normalized spacial score (nSPS) is 23.5. The second-order valence-electron chi connectivity index (χ2n) is 4.76. The van der Waals surface area contributed by atoms with Crippen molar-refractivity contribution in [2.45, 2.75) is 18.9 Å². The monoisotopic (exact) mass is 250 g/mol. The first kappa shape index (κ1) is 12.9. The molecule has 2 rings (SSSR count). The Kier molecular flexibility index (Phi) is 4.89. The molecule has 2 nitrogen and oxygen atoms in total. The molecule has 1 aliphatic rings. The summed E-state index contributed by atoms with van der Waals surface area (Å²) >= 11 is 2.06. The summed E-state index contributed by atoms with van der Waals surface area (Å²) in [6.45, 7) is 5.36. The van der Waals surface area contributed by atoms with Crippen LogP contribution in [0.1, 0.15) is 18.4 Å². The molecule has 17 heavy (non-hydrogen) atoms. The van der Waals surface area contributed by atoms with Crippen molar-refractivity contribution in [3.8, 4) is 0 Å². The van der Waals surface area contributed by atoms with Gasteiger partial charge in [-0.2, -0.15) is 11.8 Å². The molecule has 0 aromatic heterocycles. The Labute approximate surface area is 109 Å². The third kappa shape index (κ3) is 3.47. The zero-order valence-electron chi connectivity index (χ0n) is 10.5. The van der Waals surface area contributed by atoms with Gasteiger partial charge in [-0.05, 0) is 12.5 Å². The molecule has 2 unspecified atom stereocenters. The SMILES string of the molecule is CC1CSCCN1CC(CN)c1ccccc1. The van der Waals surface area contributed by atoms with E-state index >= 15 is 0 Å². The van der Waals surface area contributed by atoms with Crippen molar-refractivity contribution in [3.63, 3.8) is 0 Å². The molecule has 0 amide bonds. The topological polar surface area (TPSA) is 29.3 Å². The summed E-state index contributed by atoms with van der Waals surface area (Å²) < 4.78 is 0. The fourth-order valence-corrected chi connectivity index (χ4v) is 3.44. The van der Waals surface area contributed by atoms with Gasteiger partial charge in [-0.25, -0.2) is 0 Å². The lowest BCUT2D eigenvalue weighted by Gasteiger charge is -2.35. The number of rotatable bonds is 4. The molecule has 0 aliphatic carbocycles. The van der Waals surface area contributed by atoms with E-state index in [-0.39, 0.29) is 0 Å². The van der Waals surface area contributed by atoms with Gasteiger partial charge in [0, 0.05) is 43.1 Å². The van der Waals surface area contributed by atoms with Gasteiger partial charge in [0.1, 0.15) is 0 Å². The summed E-state index contributed by atoms with van der Waals surface area (Å²) in [5, 5.41) is 0. The van der Waals surface area contributed by atoms with E-state index in [2.05, 4.69) is 53.9 Å². The van der Waals surface area contributed by atoms with Crippen LogP contribution >= 0.6 is 11.8 Å². The van der Waals surface area contributed by atoms with E-state index in [1.807, 2.05) is 0 Å². The van der Waals surface area contributed by atoms with Crippen LogP contribution in [0.4, 0.5) is 0 Å².